The Hall–Kier alpha value is -1.07. The Kier molecular flexibility index (Phi) is 3.74. The van der Waals surface area contributed by atoms with Crippen LogP contribution in [0.25, 0.3) is 0 Å². The Bertz CT molecular complexity index is 757. The number of rotatable bonds is 3. The van der Waals surface area contributed by atoms with E-state index in [0.29, 0.717) is 10.0 Å². The normalized spacial score (nSPS) is 24.8. The van der Waals surface area contributed by atoms with Crippen molar-refractivity contribution in [1.82, 2.24) is 0 Å². The van der Waals surface area contributed by atoms with Gasteiger partial charge in [0.25, 0.3) is 0 Å². The molecule has 21 heavy (non-hydrogen) atoms. The fourth-order valence-electron chi connectivity index (χ4n) is 2.58. The summed E-state index contributed by atoms with van der Waals surface area (Å²) in [5.74, 6) is -0.192. The van der Waals surface area contributed by atoms with Crippen molar-refractivity contribution >= 4 is 33.0 Å². The predicted molar refractivity (Wildman–Crippen MR) is 84.6 cm³/mol. The molecule has 1 fully saturated rings. The summed E-state index contributed by atoms with van der Waals surface area (Å²) in [7, 11) is -3.46. The smallest absolute Gasteiger partial charge is 0.183 e. The average molecular weight is 342 g/mol. The number of sulfone groups is 1. The SMILES string of the molecule is N[C@@H]1[C@H](c2ccc(Cl)cc2)[C@@H]1S(=O)(=O)c1ccc(Cl)cc1. The van der Waals surface area contributed by atoms with Crippen LogP contribution < -0.4 is 5.73 Å². The van der Waals surface area contributed by atoms with Crippen LogP contribution in [0.4, 0.5) is 0 Å². The molecule has 0 radical (unpaired) electrons. The molecule has 1 aliphatic carbocycles. The highest BCUT2D eigenvalue weighted by atomic mass is 35.5. The average Bonchev–Trinajstić information content (AvgIpc) is 3.12. The lowest BCUT2D eigenvalue weighted by Gasteiger charge is -2.04. The van der Waals surface area contributed by atoms with E-state index in [1.54, 1.807) is 24.3 Å². The molecular weight excluding hydrogens is 329 g/mol. The Balaban J connectivity index is 1.91. The first-order valence-corrected chi connectivity index (χ1v) is 8.72. The lowest BCUT2D eigenvalue weighted by atomic mass is 10.1. The summed E-state index contributed by atoms with van der Waals surface area (Å²) in [6, 6.07) is 12.9. The first-order chi connectivity index (χ1) is 9.91. The standard InChI is InChI=1S/C15H13Cl2NO2S/c16-10-3-1-9(2-4-10)13-14(18)15(13)21(19,20)12-7-5-11(17)6-8-12/h1-8,13-15H,18H2/t13-,14+,15-/m0/s1. The van der Waals surface area contributed by atoms with E-state index in [2.05, 4.69) is 0 Å². The van der Waals surface area contributed by atoms with Crippen molar-refractivity contribution < 1.29 is 8.42 Å². The fraction of sp³-hybridized carbons (Fsp3) is 0.200. The molecule has 0 bridgehead atoms. The van der Waals surface area contributed by atoms with Gasteiger partial charge in [0, 0.05) is 22.0 Å². The van der Waals surface area contributed by atoms with E-state index < -0.39 is 21.1 Å². The zero-order valence-corrected chi connectivity index (χ0v) is 13.2. The van der Waals surface area contributed by atoms with Crippen molar-refractivity contribution in [3.63, 3.8) is 0 Å². The molecule has 0 heterocycles. The van der Waals surface area contributed by atoms with Gasteiger partial charge in [0.15, 0.2) is 9.84 Å². The van der Waals surface area contributed by atoms with E-state index in [1.165, 1.54) is 12.1 Å². The van der Waals surface area contributed by atoms with Gasteiger partial charge in [0.1, 0.15) is 0 Å². The molecule has 1 saturated carbocycles. The van der Waals surface area contributed by atoms with Crippen molar-refractivity contribution in [3.8, 4) is 0 Å². The zero-order valence-electron chi connectivity index (χ0n) is 10.9. The summed E-state index contributed by atoms with van der Waals surface area (Å²) in [5, 5.41) is 0.522. The largest absolute Gasteiger partial charge is 0.326 e. The maximum Gasteiger partial charge on any atom is 0.183 e. The van der Waals surface area contributed by atoms with Crippen molar-refractivity contribution in [2.75, 3.05) is 0 Å². The van der Waals surface area contributed by atoms with Crippen LogP contribution in [0.1, 0.15) is 11.5 Å². The molecule has 0 saturated heterocycles. The van der Waals surface area contributed by atoms with Crippen LogP contribution in [0.5, 0.6) is 0 Å². The topological polar surface area (TPSA) is 60.2 Å². The minimum Gasteiger partial charge on any atom is -0.326 e. The lowest BCUT2D eigenvalue weighted by Crippen LogP contribution is -2.15. The van der Waals surface area contributed by atoms with Gasteiger partial charge >= 0.3 is 0 Å². The summed E-state index contributed by atoms with van der Waals surface area (Å²) >= 11 is 11.6. The number of hydrogen-bond donors (Lipinski definition) is 1. The number of benzene rings is 2. The summed E-state index contributed by atoms with van der Waals surface area (Å²) < 4.78 is 25.2. The number of nitrogens with two attached hydrogens (primary N) is 1. The van der Waals surface area contributed by atoms with Crippen molar-refractivity contribution in [2.45, 2.75) is 22.1 Å². The molecule has 0 aromatic heterocycles. The minimum absolute atomic E-state index is 0.192. The lowest BCUT2D eigenvalue weighted by molar-refractivity contribution is 0.593. The number of hydrogen-bond acceptors (Lipinski definition) is 3. The highest BCUT2D eigenvalue weighted by molar-refractivity contribution is 7.92. The third-order valence-electron chi connectivity index (χ3n) is 3.76. The highest BCUT2D eigenvalue weighted by Gasteiger charge is 2.57. The van der Waals surface area contributed by atoms with Gasteiger partial charge in [-0.25, -0.2) is 8.42 Å². The Labute approximate surface area is 133 Å². The summed E-state index contributed by atoms with van der Waals surface area (Å²) in [6.45, 7) is 0. The molecule has 0 unspecified atom stereocenters. The van der Waals surface area contributed by atoms with Crippen molar-refractivity contribution in [2.24, 2.45) is 5.73 Å². The second kappa shape index (κ2) is 5.29. The first kappa shape index (κ1) is 14.9. The van der Waals surface area contributed by atoms with Gasteiger partial charge in [0.2, 0.25) is 0 Å². The zero-order chi connectivity index (χ0) is 15.2. The van der Waals surface area contributed by atoms with Crippen LogP contribution in [-0.4, -0.2) is 19.7 Å². The first-order valence-electron chi connectivity index (χ1n) is 6.42. The molecule has 2 aromatic carbocycles. The van der Waals surface area contributed by atoms with Crippen molar-refractivity contribution in [3.05, 3.63) is 64.1 Å². The summed E-state index contributed by atoms with van der Waals surface area (Å²) in [5.41, 5.74) is 6.89. The third-order valence-corrected chi connectivity index (χ3v) is 6.52. The van der Waals surface area contributed by atoms with Crippen LogP contribution in [0.2, 0.25) is 10.0 Å². The molecule has 110 valence electrons. The van der Waals surface area contributed by atoms with E-state index in [9.17, 15) is 8.42 Å². The molecule has 3 nitrogen and oxygen atoms in total. The van der Waals surface area contributed by atoms with Crippen LogP contribution in [0, 0.1) is 0 Å². The van der Waals surface area contributed by atoms with Crippen LogP contribution in [-0.2, 0) is 9.84 Å². The van der Waals surface area contributed by atoms with E-state index in [4.69, 9.17) is 28.9 Å². The molecule has 3 rings (SSSR count). The fourth-order valence-corrected chi connectivity index (χ4v) is 4.88. The second-order valence-electron chi connectivity index (χ2n) is 5.12. The molecule has 2 aromatic rings. The minimum atomic E-state index is -3.46. The van der Waals surface area contributed by atoms with E-state index in [1.807, 2.05) is 12.1 Å². The predicted octanol–water partition coefficient (Wildman–Crippen LogP) is 3.26. The second-order valence-corrected chi connectivity index (χ2v) is 8.10. The molecule has 1 aliphatic rings. The molecule has 0 spiro atoms. The Morgan fingerprint density at radius 1 is 0.857 bits per heavy atom. The Morgan fingerprint density at radius 2 is 1.33 bits per heavy atom. The van der Waals surface area contributed by atoms with Gasteiger partial charge in [-0.15, -0.1) is 0 Å². The molecule has 2 N–H and O–H groups in total. The monoisotopic (exact) mass is 341 g/mol. The molecule has 3 atom stereocenters. The van der Waals surface area contributed by atoms with Gasteiger partial charge in [0.05, 0.1) is 10.1 Å². The maximum absolute atomic E-state index is 12.6. The van der Waals surface area contributed by atoms with Crippen LogP contribution >= 0.6 is 23.2 Å². The molecule has 0 aliphatic heterocycles. The molecule has 0 amide bonds. The summed E-state index contributed by atoms with van der Waals surface area (Å²) in [6.07, 6.45) is 0. The maximum atomic E-state index is 12.6. The molecular formula is C15H13Cl2NO2S. The van der Waals surface area contributed by atoms with E-state index in [-0.39, 0.29) is 10.8 Å². The van der Waals surface area contributed by atoms with Gasteiger partial charge < -0.3 is 5.73 Å². The Morgan fingerprint density at radius 3 is 1.86 bits per heavy atom. The van der Waals surface area contributed by atoms with Gasteiger partial charge in [-0.05, 0) is 42.0 Å². The third kappa shape index (κ3) is 2.69. The summed E-state index contributed by atoms with van der Waals surface area (Å²) in [4.78, 5) is 0.254. The van der Waals surface area contributed by atoms with Crippen LogP contribution in [0.15, 0.2) is 53.4 Å². The number of halogens is 2. The van der Waals surface area contributed by atoms with Gasteiger partial charge in [-0.3, -0.25) is 0 Å². The van der Waals surface area contributed by atoms with Crippen molar-refractivity contribution in [1.29, 1.82) is 0 Å². The molecule has 6 heteroatoms. The highest BCUT2D eigenvalue weighted by Crippen LogP contribution is 2.47. The van der Waals surface area contributed by atoms with E-state index >= 15 is 0 Å². The van der Waals surface area contributed by atoms with Gasteiger partial charge in [-0.1, -0.05) is 35.3 Å². The van der Waals surface area contributed by atoms with E-state index in [0.717, 1.165) is 5.56 Å². The quantitative estimate of drug-likeness (QED) is 0.931. The van der Waals surface area contributed by atoms with Gasteiger partial charge in [-0.2, -0.15) is 0 Å². The van der Waals surface area contributed by atoms with Crippen LogP contribution in [0.3, 0.4) is 0 Å².